The molecular weight excluding hydrogens is 264 g/mol. The third-order valence-corrected chi connectivity index (χ3v) is 3.26. The molecule has 0 saturated heterocycles. The topological polar surface area (TPSA) is 46.1 Å². The number of phenolic OH excluding ortho intramolecular Hbond substituents is 1. The molecule has 21 heavy (non-hydrogen) atoms. The SMILES string of the molecule is O=C(C[n+]1ccn(-c2ccc(O)cc2)c1)c1ccccc1. The van der Waals surface area contributed by atoms with Gasteiger partial charge in [-0.2, -0.15) is 0 Å². The van der Waals surface area contributed by atoms with Crippen molar-refractivity contribution in [3.63, 3.8) is 0 Å². The number of aromatic hydroxyl groups is 1. The van der Waals surface area contributed by atoms with E-state index >= 15 is 0 Å². The molecule has 104 valence electrons. The van der Waals surface area contributed by atoms with E-state index in [9.17, 15) is 9.90 Å². The molecule has 0 atom stereocenters. The molecule has 1 heterocycles. The molecule has 0 aliphatic carbocycles. The number of hydrogen-bond acceptors (Lipinski definition) is 2. The summed E-state index contributed by atoms with van der Waals surface area (Å²) >= 11 is 0. The molecule has 0 aliphatic heterocycles. The monoisotopic (exact) mass is 279 g/mol. The third-order valence-electron chi connectivity index (χ3n) is 3.26. The molecule has 0 aliphatic rings. The fraction of sp³-hybridized carbons (Fsp3) is 0.0588. The number of Topliss-reactive ketones (excluding diaryl/α,β-unsaturated/α-hetero) is 1. The number of carbonyl (C=O) groups excluding carboxylic acids is 1. The Labute approximate surface area is 122 Å². The molecule has 1 N–H and O–H groups in total. The van der Waals surface area contributed by atoms with Crippen LogP contribution in [0.1, 0.15) is 10.4 Å². The number of nitrogens with zero attached hydrogens (tertiary/aromatic N) is 2. The Morgan fingerprint density at radius 3 is 2.48 bits per heavy atom. The summed E-state index contributed by atoms with van der Waals surface area (Å²) in [6.07, 6.45) is 5.59. The Bertz CT molecular complexity index is 746. The quantitative estimate of drug-likeness (QED) is 0.588. The Morgan fingerprint density at radius 2 is 1.76 bits per heavy atom. The summed E-state index contributed by atoms with van der Waals surface area (Å²) < 4.78 is 3.74. The molecule has 1 aromatic heterocycles. The highest BCUT2D eigenvalue weighted by Crippen LogP contribution is 2.12. The maximum Gasteiger partial charge on any atom is 0.249 e. The van der Waals surface area contributed by atoms with Gasteiger partial charge in [-0.05, 0) is 24.3 Å². The van der Waals surface area contributed by atoms with Gasteiger partial charge in [-0.15, -0.1) is 0 Å². The fourth-order valence-corrected chi connectivity index (χ4v) is 2.15. The predicted octanol–water partition coefficient (Wildman–Crippen LogP) is 2.35. The molecule has 0 spiro atoms. The first-order valence-corrected chi connectivity index (χ1v) is 6.67. The van der Waals surface area contributed by atoms with Crippen LogP contribution < -0.4 is 4.57 Å². The Balaban J connectivity index is 1.76. The van der Waals surface area contributed by atoms with Gasteiger partial charge in [0.2, 0.25) is 12.1 Å². The standard InChI is InChI=1S/C17H14N2O2/c20-16-8-6-15(7-9-16)19-11-10-18(13-19)12-17(21)14-4-2-1-3-5-14/h1-11,13H,12H2/p+1. The summed E-state index contributed by atoms with van der Waals surface area (Å²) in [7, 11) is 0. The van der Waals surface area contributed by atoms with E-state index < -0.39 is 0 Å². The van der Waals surface area contributed by atoms with Gasteiger partial charge in [-0.1, -0.05) is 30.3 Å². The van der Waals surface area contributed by atoms with Gasteiger partial charge >= 0.3 is 0 Å². The van der Waals surface area contributed by atoms with Crippen molar-refractivity contribution in [2.45, 2.75) is 6.54 Å². The van der Waals surface area contributed by atoms with Crippen molar-refractivity contribution >= 4 is 5.78 Å². The van der Waals surface area contributed by atoms with Gasteiger partial charge in [0.1, 0.15) is 23.8 Å². The van der Waals surface area contributed by atoms with Crippen LogP contribution in [0.4, 0.5) is 0 Å². The molecule has 0 radical (unpaired) electrons. The van der Waals surface area contributed by atoms with Crippen LogP contribution in [0.3, 0.4) is 0 Å². The maximum absolute atomic E-state index is 12.1. The number of benzene rings is 2. The minimum Gasteiger partial charge on any atom is -0.508 e. The molecule has 0 amide bonds. The van der Waals surface area contributed by atoms with Crippen LogP contribution in [0.5, 0.6) is 5.75 Å². The lowest BCUT2D eigenvalue weighted by molar-refractivity contribution is -0.682. The van der Waals surface area contributed by atoms with Crippen LogP contribution in [0, 0.1) is 0 Å². The number of ketones is 1. The maximum atomic E-state index is 12.1. The van der Waals surface area contributed by atoms with Crippen molar-refractivity contribution in [2.75, 3.05) is 0 Å². The van der Waals surface area contributed by atoms with E-state index in [0.29, 0.717) is 12.1 Å². The van der Waals surface area contributed by atoms with Crippen LogP contribution in [0.15, 0.2) is 73.3 Å². The Hall–Kier alpha value is -2.88. The van der Waals surface area contributed by atoms with Crippen molar-refractivity contribution < 1.29 is 14.5 Å². The summed E-state index contributed by atoms with van der Waals surface area (Å²) in [5.74, 6) is 0.307. The molecule has 3 rings (SSSR count). The number of aromatic nitrogens is 2. The van der Waals surface area contributed by atoms with Gasteiger partial charge in [0.15, 0.2) is 6.54 Å². The number of phenols is 1. The van der Waals surface area contributed by atoms with Crippen molar-refractivity contribution in [1.29, 1.82) is 0 Å². The minimum atomic E-state index is 0.0732. The highest BCUT2D eigenvalue weighted by atomic mass is 16.3. The van der Waals surface area contributed by atoms with Crippen LogP contribution in [-0.4, -0.2) is 15.5 Å². The third kappa shape index (κ3) is 3.00. The van der Waals surface area contributed by atoms with E-state index in [1.165, 1.54) is 0 Å². The normalized spacial score (nSPS) is 10.5. The lowest BCUT2D eigenvalue weighted by Crippen LogP contribution is -2.35. The number of hydrogen-bond donors (Lipinski definition) is 1. The van der Waals surface area contributed by atoms with Gasteiger partial charge in [0.25, 0.3) is 0 Å². The first kappa shape index (κ1) is 13.1. The molecule has 0 saturated carbocycles. The second kappa shape index (κ2) is 5.63. The van der Waals surface area contributed by atoms with E-state index in [1.54, 1.807) is 12.1 Å². The molecule has 2 aromatic carbocycles. The fourth-order valence-electron chi connectivity index (χ4n) is 2.15. The summed E-state index contributed by atoms with van der Waals surface area (Å²) in [4.78, 5) is 12.1. The zero-order valence-corrected chi connectivity index (χ0v) is 11.4. The lowest BCUT2D eigenvalue weighted by Gasteiger charge is -1.98. The highest BCUT2D eigenvalue weighted by Gasteiger charge is 2.12. The predicted molar refractivity (Wildman–Crippen MR) is 78.4 cm³/mol. The Kier molecular flexibility index (Phi) is 3.51. The van der Waals surface area contributed by atoms with Gasteiger partial charge in [0.05, 0.1) is 0 Å². The lowest BCUT2D eigenvalue weighted by atomic mass is 10.1. The van der Waals surface area contributed by atoms with Crippen molar-refractivity contribution in [3.8, 4) is 11.4 Å². The number of imidazole rings is 1. The minimum absolute atomic E-state index is 0.0732. The smallest absolute Gasteiger partial charge is 0.249 e. The van der Waals surface area contributed by atoms with Crippen molar-refractivity contribution in [3.05, 3.63) is 78.9 Å². The van der Waals surface area contributed by atoms with Gasteiger partial charge in [0, 0.05) is 5.56 Å². The van der Waals surface area contributed by atoms with E-state index in [-0.39, 0.29) is 11.5 Å². The molecular formula is C17H15N2O2+. The molecule has 3 aromatic rings. The van der Waals surface area contributed by atoms with Gasteiger partial charge in [-0.25, -0.2) is 9.13 Å². The summed E-state index contributed by atoms with van der Waals surface area (Å²) in [6, 6.07) is 16.2. The second-order valence-corrected chi connectivity index (χ2v) is 4.80. The van der Waals surface area contributed by atoms with E-state index in [1.807, 2.05) is 70.3 Å². The molecule has 0 bridgehead atoms. The van der Waals surface area contributed by atoms with Gasteiger partial charge in [-0.3, -0.25) is 4.79 Å². The number of carbonyl (C=O) groups is 1. The summed E-state index contributed by atoms with van der Waals surface area (Å²) in [6.45, 7) is 0.301. The average Bonchev–Trinajstić information content (AvgIpc) is 2.97. The van der Waals surface area contributed by atoms with Crippen LogP contribution >= 0.6 is 0 Å². The molecule has 4 heteroatoms. The zero-order chi connectivity index (χ0) is 14.7. The number of rotatable bonds is 4. The summed E-state index contributed by atoms with van der Waals surface area (Å²) in [5, 5.41) is 9.29. The van der Waals surface area contributed by atoms with Crippen LogP contribution in [0.25, 0.3) is 5.69 Å². The van der Waals surface area contributed by atoms with E-state index in [4.69, 9.17) is 0 Å². The summed E-state index contributed by atoms with van der Waals surface area (Å²) in [5.41, 5.74) is 1.64. The van der Waals surface area contributed by atoms with Crippen molar-refractivity contribution in [2.24, 2.45) is 0 Å². The second-order valence-electron chi connectivity index (χ2n) is 4.80. The van der Waals surface area contributed by atoms with Crippen molar-refractivity contribution in [1.82, 2.24) is 4.57 Å². The van der Waals surface area contributed by atoms with E-state index in [2.05, 4.69) is 0 Å². The van der Waals surface area contributed by atoms with Gasteiger partial charge < -0.3 is 5.11 Å². The average molecular weight is 279 g/mol. The van der Waals surface area contributed by atoms with E-state index in [0.717, 1.165) is 5.69 Å². The van der Waals surface area contributed by atoms with Crippen LogP contribution in [0.2, 0.25) is 0 Å². The zero-order valence-electron chi connectivity index (χ0n) is 11.4. The van der Waals surface area contributed by atoms with Crippen LogP contribution in [-0.2, 0) is 6.54 Å². The molecule has 0 unspecified atom stereocenters. The first-order chi connectivity index (χ1) is 10.2. The Morgan fingerprint density at radius 1 is 1.05 bits per heavy atom. The largest absolute Gasteiger partial charge is 0.508 e. The first-order valence-electron chi connectivity index (χ1n) is 6.67. The molecule has 4 nitrogen and oxygen atoms in total. The highest BCUT2D eigenvalue weighted by molar-refractivity contribution is 5.94. The molecule has 0 fully saturated rings.